The molecular formula is C18H28IN5O3. The van der Waals surface area contributed by atoms with E-state index in [0.29, 0.717) is 31.2 Å². The van der Waals surface area contributed by atoms with Crippen molar-refractivity contribution in [1.82, 2.24) is 15.5 Å². The van der Waals surface area contributed by atoms with Crippen LogP contribution in [0.1, 0.15) is 25.3 Å². The van der Waals surface area contributed by atoms with Crippen molar-refractivity contribution in [1.29, 1.82) is 0 Å². The van der Waals surface area contributed by atoms with Crippen molar-refractivity contribution in [2.45, 2.75) is 32.4 Å². The number of guanidine groups is 1. The van der Waals surface area contributed by atoms with Gasteiger partial charge in [0.2, 0.25) is 5.91 Å². The fourth-order valence-corrected chi connectivity index (χ4v) is 2.70. The van der Waals surface area contributed by atoms with E-state index >= 15 is 0 Å². The van der Waals surface area contributed by atoms with Crippen LogP contribution in [0, 0.1) is 0 Å². The van der Waals surface area contributed by atoms with Gasteiger partial charge < -0.3 is 26.0 Å². The van der Waals surface area contributed by atoms with Gasteiger partial charge in [-0.05, 0) is 31.0 Å². The topological polar surface area (TPSA) is 109 Å². The number of rotatable bonds is 7. The highest BCUT2D eigenvalue weighted by molar-refractivity contribution is 14.0. The van der Waals surface area contributed by atoms with Crippen molar-refractivity contribution in [3.05, 3.63) is 29.8 Å². The van der Waals surface area contributed by atoms with Gasteiger partial charge in [0.25, 0.3) is 5.91 Å². The van der Waals surface area contributed by atoms with E-state index in [9.17, 15) is 9.59 Å². The second kappa shape index (κ2) is 11.6. The van der Waals surface area contributed by atoms with Crippen LogP contribution in [0.2, 0.25) is 0 Å². The third-order valence-corrected chi connectivity index (χ3v) is 4.01. The van der Waals surface area contributed by atoms with Gasteiger partial charge in [-0.3, -0.25) is 9.59 Å². The Balaban J connectivity index is 0.00000364. The zero-order valence-electron chi connectivity index (χ0n) is 15.7. The molecule has 27 heavy (non-hydrogen) atoms. The molecule has 9 heteroatoms. The molecule has 0 spiro atoms. The molecule has 0 aromatic heterocycles. The minimum Gasteiger partial charge on any atom is -0.484 e. The Morgan fingerprint density at radius 3 is 2.89 bits per heavy atom. The average molecular weight is 489 g/mol. The number of likely N-dealkylation sites (tertiary alicyclic amines) is 1. The Hall–Kier alpha value is -2.04. The summed E-state index contributed by atoms with van der Waals surface area (Å²) in [5.41, 5.74) is 6.05. The number of halogens is 1. The van der Waals surface area contributed by atoms with Crippen LogP contribution in [-0.4, -0.2) is 55.5 Å². The fourth-order valence-electron chi connectivity index (χ4n) is 2.70. The maximum Gasteiger partial charge on any atom is 0.255 e. The zero-order valence-corrected chi connectivity index (χ0v) is 18.1. The first-order valence-electron chi connectivity index (χ1n) is 8.76. The van der Waals surface area contributed by atoms with Crippen LogP contribution in [0.4, 0.5) is 0 Å². The molecule has 1 aromatic carbocycles. The van der Waals surface area contributed by atoms with Crippen LogP contribution >= 0.6 is 24.0 Å². The van der Waals surface area contributed by atoms with Crippen molar-refractivity contribution in [3.8, 4) is 5.75 Å². The van der Waals surface area contributed by atoms with Crippen LogP contribution in [0.15, 0.2) is 29.3 Å². The maximum absolute atomic E-state index is 11.6. The number of ether oxygens (including phenoxy) is 1. The maximum atomic E-state index is 11.6. The monoisotopic (exact) mass is 489 g/mol. The molecule has 2 amide bonds. The first-order chi connectivity index (χ1) is 12.5. The molecule has 1 aliphatic heterocycles. The van der Waals surface area contributed by atoms with E-state index in [-0.39, 0.29) is 42.5 Å². The quantitative estimate of drug-likeness (QED) is 0.299. The summed E-state index contributed by atoms with van der Waals surface area (Å²) in [7, 11) is 1.82. The van der Waals surface area contributed by atoms with Gasteiger partial charge in [0, 0.05) is 32.6 Å². The summed E-state index contributed by atoms with van der Waals surface area (Å²) in [6.45, 7) is 3.73. The summed E-state index contributed by atoms with van der Waals surface area (Å²) in [5.74, 6) is 0.964. The number of nitrogens with zero attached hydrogens (tertiary/aromatic N) is 2. The lowest BCUT2D eigenvalue weighted by molar-refractivity contribution is -0.132. The summed E-state index contributed by atoms with van der Waals surface area (Å²) in [5, 5.41) is 6.61. The van der Waals surface area contributed by atoms with E-state index in [1.54, 1.807) is 11.0 Å². The summed E-state index contributed by atoms with van der Waals surface area (Å²) in [4.78, 5) is 28.8. The average Bonchev–Trinajstić information content (AvgIpc) is 2.61. The van der Waals surface area contributed by atoms with Crippen LogP contribution in [0.3, 0.4) is 0 Å². The lowest BCUT2D eigenvalue weighted by Gasteiger charge is -2.31. The number of carbonyl (C=O) groups excluding carboxylic acids is 2. The predicted molar refractivity (Wildman–Crippen MR) is 115 cm³/mol. The number of hydrogen-bond acceptors (Lipinski definition) is 4. The number of carbonyl (C=O) groups is 2. The van der Waals surface area contributed by atoms with Crippen LogP contribution in [0.5, 0.6) is 5.75 Å². The molecule has 1 saturated heterocycles. The molecule has 150 valence electrons. The van der Waals surface area contributed by atoms with E-state index in [2.05, 4.69) is 15.6 Å². The third-order valence-electron chi connectivity index (χ3n) is 4.01. The summed E-state index contributed by atoms with van der Waals surface area (Å²) in [6, 6.07) is 7.58. The normalized spacial score (nSPS) is 17.1. The number of nitrogens with two attached hydrogens (primary N) is 1. The van der Waals surface area contributed by atoms with Gasteiger partial charge in [0.05, 0.1) is 6.54 Å². The zero-order chi connectivity index (χ0) is 18.9. The number of aliphatic imine (C=N–C) groups is 1. The Bertz CT molecular complexity index is 668. The molecule has 1 aromatic rings. The molecule has 1 aliphatic rings. The number of hydrogen-bond donors (Lipinski definition) is 3. The van der Waals surface area contributed by atoms with Gasteiger partial charge in [-0.15, -0.1) is 24.0 Å². The molecule has 1 fully saturated rings. The number of nitrogens with one attached hydrogen (secondary N) is 2. The summed E-state index contributed by atoms with van der Waals surface area (Å²) in [6.07, 6.45) is 1.34. The predicted octanol–water partition coefficient (Wildman–Crippen LogP) is 0.845. The van der Waals surface area contributed by atoms with Crippen LogP contribution < -0.4 is 21.1 Å². The fraction of sp³-hybridized carbons (Fsp3) is 0.500. The van der Waals surface area contributed by atoms with Gasteiger partial charge in [0.15, 0.2) is 12.6 Å². The highest BCUT2D eigenvalue weighted by Gasteiger charge is 2.23. The van der Waals surface area contributed by atoms with E-state index in [0.717, 1.165) is 18.5 Å². The SMILES string of the molecule is CCNC(=NCc1cccc(OCC(N)=O)c1)NC1CCC(=O)N(C)C1.I. The molecular weight excluding hydrogens is 461 g/mol. The smallest absolute Gasteiger partial charge is 0.255 e. The molecule has 8 nitrogen and oxygen atoms in total. The minimum absolute atomic E-state index is 0. The number of amides is 2. The van der Waals surface area contributed by atoms with E-state index in [4.69, 9.17) is 10.5 Å². The molecule has 0 saturated carbocycles. The third kappa shape index (κ3) is 8.02. The van der Waals surface area contributed by atoms with E-state index in [1.807, 2.05) is 32.2 Å². The number of primary amides is 1. The van der Waals surface area contributed by atoms with Crippen molar-refractivity contribution in [2.24, 2.45) is 10.7 Å². The Labute approximate surface area is 176 Å². The Kier molecular flexibility index (Phi) is 9.90. The first kappa shape index (κ1) is 23.0. The Morgan fingerprint density at radius 2 is 2.22 bits per heavy atom. The van der Waals surface area contributed by atoms with Crippen molar-refractivity contribution in [3.63, 3.8) is 0 Å². The highest BCUT2D eigenvalue weighted by atomic mass is 127. The standard InChI is InChI=1S/C18H27N5O3.HI/c1-3-20-18(22-14-7-8-17(25)23(2)11-14)21-10-13-5-4-6-15(9-13)26-12-16(19)24;/h4-6,9,14H,3,7-8,10-12H2,1-2H3,(H2,19,24)(H2,20,21,22);1H. The van der Waals surface area contributed by atoms with Crippen molar-refractivity contribution < 1.29 is 14.3 Å². The second-order valence-electron chi connectivity index (χ2n) is 6.25. The van der Waals surface area contributed by atoms with Gasteiger partial charge in [-0.1, -0.05) is 12.1 Å². The number of benzene rings is 1. The van der Waals surface area contributed by atoms with Gasteiger partial charge in [-0.25, -0.2) is 4.99 Å². The second-order valence-corrected chi connectivity index (χ2v) is 6.25. The Morgan fingerprint density at radius 1 is 1.44 bits per heavy atom. The first-order valence-corrected chi connectivity index (χ1v) is 8.76. The van der Waals surface area contributed by atoms with Crippen LogP contribution in [-0.2, 0) is 16.1 Å². The van der Waals surface area contributed by atoms with Crippen molar-refractivity contribution in [2.75, 3.05) is 26.7 Å². The molecule has 0 bridgehead atoms. The molecule has 2 rings (SSSR count). The molecule has 1 atom stereocenters. The molecule has 1 unspecified atom stereocenters. The largest absolute Gasteiger partial charge is 0.484 e. The lowest BCUT2D eigenvalue weighted by Crippen LogP contribution is -2.51. The van der Waals surface area contributed by atoms with Gasteiger partial charge in [0.1, 0.15) is 5.75 Å². The molecule has 4 N–H and O–H groups in total. The van der Waals surface area contributed by atoms with Gasteiger partial charge >= 0.3 is 0 Å². The highest BCUT2D eigenvalue weighted by Crippen LogP contribution is 2.14. The minimum atomic E-state index is -0.511. The van der Waals surface area contributed by atoms with E-state index in [1.165, 1.54) is 0 Å². The van der Waals surface area contributed by atoms with Crippen LogP contribution in [0.25, 0.3) is 0 Å². The number of piperidine rings is 1. The molecule has 0 radical (unpaired) electrons. The summed E-state index contributed by atoms with van der Waals surface area (Å²) < 4.78 is 5.31. The summed E-state index contributed by atoms with van der Waals surface area (Å²) >= 11 is 0. The van der Waals surface area contributed by atoms with Gasteiger partial charge in [-0.2, -0.15) is 0 Å². The van der Waals surface area contributed by atoms with Crippen molar-refractivity contribution >= 4 is 41.8 Å². The lowest BCUT2D eigenvalue weighted by atomic mass is 10.1. The number of likely N-dealkylation sites (N-methyl/N-ethyl adjacent to an activating group) is 1. The molecule has 1 heterocycles. The molecule has 0 aliphatic carbocycles. The van der Waals surface area contributed by atoms with E-state index < -0.39 is 5.91 Å².